The molecular formula is C16H15FN4O. The van der Waals surface area contributed by atoms with Crippen molar-refractivity contribution in [3.05, 3.63) is 59.7 Å². The van der Waals surface area contributed by atoms with Gasteiger partial charge in [-0.1, -0.05) is 18.2 Å². The number of nitrogens with one attached hydrogen (secondary N) is 2. The van der Waals surface area contributed by atoms with Gasteiger partial charge in [0.15, 0.2) is 0 Å². The molecule has 22 heavy (non-hydrogen) atoms. The number of aromatic nitrogens is 2. The van der Waals surface area contributed by atoms with Crippen molar-refractivity contribution in [1.82, 2.24) is 15.3 Å². The van der Waals surface area contributed by atoms with Gasteiger partial charge in [0, 0.05) is 0 Å². The van der Waals surface area contributed by atoms with E-state index in [9.17, 15) is 9.18 Å². The van der Waals surface area contributed by atoms with Gasteiger partial charge >= 0.3 is 0 Å². The number of anilines is 1. The number of amides is 1. The van der Waals surface area contributed by atoms with Crippen molar-refractivity contribution in [3.63, 3.8) is 0 Å². The molecule has 1 atom stereocenters. The third kappa shape index (κ3) is 2.50. The maximum absolute atomic E-state index is 13.4. The van der Waals surface area contributed by atoms with E-state index in [1.54, 1.807) is 6.92 Å². The number of imidazole rings is 1. The molecule has 112 valence electrons. The van der Waals surface area contributed by atoms with Crippen LogP contribution in [0.15, 0.2) is 42.5 Å². The second kappa shape index (κ2) is 5.48. The summed E-state index contributed by atoms with van der Waals surface area (Å²) in [5, 5.41) is 2.76. The minimum atomic E-state index is -0.607. The van der Waals surface area contributed by atoms with Crippen LogP contribution < -0.4 is 11.1 Å². The van der Waals surface area contributed by atoms with Crippen LogP contribution in [0.2, 0.25) is 0 Å². The molecule has 0 aliphatic carbocycles. The number of H-pyrrole nitrogens is 1. The first-order valence-corrected chi connectivity index (χ1v) is 6.86. The highest BCUT2D eigenvalue weighted by Crippen LogP contribution is 2.19. The highest BCUT2D eigenvalue weighted by atomic mass is 19.1. The number of carbonyl (C=O) groups is 1. The van der Waals surface area contributed by atoms with Crippen molar-refractivity contribution in [3.8, 4) is 0 Å². The van der Waals surface area contributed by atoms with E-state index in [4.69, 9.17) is 5.73 Å². The summed E-state index contributed by atoms with van der Waals surface area (Å²) in [5.74, 6) is -0.418. The fraction of sp³-hybridized carbons (Fsp3) is 0.125. The molecule has 3 aromatic rings. The zero-order valence-corrected chi connectivity index (χ0v) is 11.9. The standard InChI is InChI=1S/C16H15FN4O/c1-9(15-20-12-7-2-3-8-13(12)21-15)19-16(22)10-5-4-6-11(17)14(10)18/h2-9H,18H2,1H3,(H,19,22)(H,20,21). The van der Waals surface area contributed by atoms with Gasteiger partial charge in [-0.2, -0.15) is 0 Å². The molecule has 4 N–H and O–H groups in total. The number of halogens is 1. The molecule has 0 spiro atoms. The predicted molar refractivity (Wildman–Crippen MR) is 82.8 cm³/mol. The van der Waals surface area contributed by atoms with Crippen molar-refractivity contribution < 1.29 is 9.18 Å². The smallest absolute Gasteiger partial charge is 0.254 e. The first-order chi connectivity index (χ1) is 10.6. The second-order valence-electron chi connectivity index (χ2n) is 5.04. The number of nitrogens with zero attached hydrogens (tertiary/aromatic N) is 1. The average Bonchev–Trinajstić information content (AvgIpc) is 2.94. The summed E-state index contributed by atoms with van der Waals surface area (Å²) in [6.45, 7) is 1.80. The summed E-state index contributed by atoms with van der Waals surface area (Å²) < 4.78 is 13.4. The van der Waals surface area contributed by atoms with Crippen molar-refractivity contribution in [2.45, 2.75) is 13.0 Å². The Kier molecular flexibility index (Phi) is 3.50. The summed E-state index contributed by atoms with van der Waals surface area (Å²) in [7, 11) is 0. The SMILES string of the molecule is CC(NC(=O)c1cccc(F)c1N)c1nc2ccccc2[nH]1. The fourth-order valence-electron chi connectivity index (χ4n) is 2.26. The molecule has 0 saturated heterocycles. The lowest BCUT2D eigenvalue weighted by Crippen LogP contribution is -2.28. The lowest BCUT2D eigenvalue weighted by Gasteiger charge is -2.12. The van der Waals surface area contributed by atoms with Crippen LogP contribution in [-0.4, -0.2) is 15.9 Å². The Hall–Kier alpha value is -2.89. The predicted octanol–water partition coefficient (Wildman–Crippen LogP) is 2.78. The Labute approximate surface area is 126 Å². The maximum Gasteiger partial charge on any atom is 0.254 e. The van der Waals surface area contributed by atoms with Crippen LogP contribution in [0.3, 0.4) is 0 Å². The highest BCUT2D eigenvalue weighted by Gasteiger charge is 2.17. The van der Waals surface area contributed by atoms with Gasteiger partial charge in [-0.15, -0.1) is 0 Å². The van der Waals surface area contributed by atoms with Crippen molar-refractivity contribution in [1.29, 1.82) is 0 Å². The molecular weight excluding hydrogens is 283 g/mol. The molecule has 0 bridgehead atoms. The molecule has 3 rings (SSSR count). The molecule has 0 aliphatic rings. The van der Waals surface area contributed by atoms with E-state index in [2.05, 4.69) is 15.3 Å². The number of nitrogen functional groups attached to an aromatic ring is 1. The van der Waals surface area contributed by atoms with E-state index >= 15 is 0 Å². The highest BCUT2D eigenvalue weighted by molar-refractivity contribution is 5.99. The van der Waals surface area contributed by atoms with E-state index in [1.807, 2.05) is 24.3 Å². The van der Waals surface area contributed by atoms with E-state index in [1.165, 1.54) is 18.2 Å². The normalized spacial score (nSPS) is 12.3. The van der Waals surface area contributed by atoms with Crippen LogP contribution in [0.1, 0.15) is 29.1 Å². The van der Waals surface area contributed by atoms with Crippen LogP contribution in [0, 0.1) is 5.82 Å². The van der Waals surface area contributed by atoms with E-state index < -0.39 is 11.7 Å². The average molecular weight is 298 g/mol. The summed E-state index contributed by atoms with van der Waals surface area (Å²) in [5.41, 5.74) is 7.27. The molecule has 0 aliphatic heterocycles. The number of fused-ring (bicyclic) bond motifs is 1. The molecule has 5 nitrogen and oxygen atoms in total. The van der Waals surface area contributed by atoms with Crippen molar-refractivity contribution in [2.75, 3.05) is 5.73 Å². The molecule has 0 fully saturated rings. The van der Waals surface area contributed by atoms with Gasteiger partial charge in [0.05, 0.1) is 28.3 Å². The third-order valence-electron chi connectivity index (χ3n) is 3.46. The second-order valence-corrected chi connectivity index (χ2v) is 5.04. The molecule has 1 aromatic heterocycles. The molecule has 0 radical (unpaired) electrons. The number of hydrogen-bond donors (Lipinski definition) is 3. The number of benzene rings is 2. The molecule has 0 saturated carbocycles. The molecule has 1 heterocycles. The summed E-state index contributed by atoms with van der Waals surface area (Å²) in [4.78, 5) is 19.8. The Bertz CT molecular complexity index is 810. The zero-order chi connectivity index (χ0) is 15.7. The third-order valence-corrected chi connectivity index (χ3v) is 3.46. The molecule has 2 aromatic carbocycles. The largest absolute Gasteiger partial charge is 0.396 e. The van der Waals surface area contributed by atoms with E-state index in [0.717, 1.165) is 11.0 Å². The number of aromatic amines is 1. The molecule has 6 heteroatoms. The summed E-state index contributed by atoms with van der Waals surface area (Å²) in [6.07, 6.45) is 0. The van der Waals surface area contributed by atoms with Gasteiger partial charge in [-0.25, -0.2) is 9.37 Å². The van der Waals surface area contributed by atoms with Gasteiger partial charge in [0.1, 0.15) is 11.6 Å². The Morgan fingerprint density at radius 3 is 2.82 bits per heavy atom. The van der Waals surface area contributed by atoms with Crippen LogP contribution >= 0.6 is 0 Å². The summed E-state index contributed by atoms with van der Waals surface area (Å²) >= 11 is 0. The number of nitrogens with two attached hydrogens (primary N) is 1. The zero-order valence-electron chi connectivity index (χ0n) is 11.9. The van der Waals surface area contributed by atoms with Crippen LogP contribution in [0.4, 0.5) is 10.1 Å². The number of carbonyl (C=O) groups excluding carboxylic acids is 1. The molecule has 1 amide bonds. The Morgan fingerprint density at radius 2 is 2.05 bits per heavy atom. The minimum absolute atomic E-state index is 0.114. The van der Waals surface area contributed by atoms with Gasteiger partial charge < -0.3 is 16.0 Å². The van der Waals surface area contributed by atoms with E-state index in [0.29, 0.717) is 5.82 Å². The van der Waals surface area contributed by atoms with Crippen molar-refractivity contribution >= 4 is 22.6 Å². The van der Waals surface area contributed by atoms with Crippen LogP contribution in [0.5, 0.6) is 0 Å². The van der Waals surface area contributed by atoms with Crippen LogP contribution in [0.25, 0.3) is 11.0 Å². The van der Waals surface area contributed by atoms with E-state index in [-0.39, 0.29) is 17.3 Å². The lowest BCUT2D eigenvalue weighted by atomic mass is 10.1. The quantitative estimate of drug-likeness (QED) is 0.650. The lowest BCUT2D eigenvalue weighted by molar-refractivity contribution is 0.0939. The fourth-order valence-corrected chi connectivity index (χ4v) is 2.26. The Balaban J connectivity index is 1.82. The van der Waals surface area contributed by atoms with Gasteiger partial charge in [-0.05, 0) is 31.2 Å². The van der Waals surface area contributed by atoms with Gasteiger partial charge in [0.2, 0.25) is 0 Å². The maximum atomic E-state index is 13.4. The number of hydrogen-bond acceptors (Lipinski definition) is 3. The first kappa shape index (κ1) is 14.1. The number of para-hydroxylation sites is 3. The first-order valence-electron chi connectivity index (χ1n) is 6.86. The van der Waals surface area contributed by atoms with Crippen LogP contribution in [-0.2, 0) is 0 Å². The van der Waals surface area contributed by atoms with Gasteiger partial charge in [0.25, 0.3) is 5.91 Å². The number of rotatable bonds is 3. The van der Waals surface area contributed by atoms with Gasteiger partial charge in [-0.3, -0.25) is 4.79 Å². The topological polar surface area (TPSA) is 83.8 Å². The molecule has 1 unspecified atom stereocenters. The summed E-state index contributed by atoms with van der Waals surface area (Å²) in [6, 6.07) is 11.4. The minimum Gasteiger partial charge on any atom is -0.396 e. The Morgan fingerprint density at radius 1 is 1.27 bits per heavy atom. The monoisotopic (exact) mass is 298 g/mol. The van der Waals surface area contributed by atoms with Crippen molar-refractivity contribution in [2.24, 2.45) is 0 Å².